The van der Waals surface area contributed by atoms with Crippen LogP contribution in [-0.4, -0.2) is 62.7 Å². The summed E-state index contributed by atoms with van der Waals surface area (Å²) in [6.45, 7) is 2.12. The fourth-order valence-electron chi connectivity index (χ4n) is 2.98. The van der Waals surface area contributed by atoms with Crippen LogP contribution in [0.4, 0.5) is 5.69 Å². The molecule has 1 aliphatic rings. The van der Waals surface area contributed by atoms with Gasteiger partial charge < -0.3 is 16.0 Å². The van der Waals surface area contributed by atoms with Gasteiger partial charge in [-0.25, -0.2) is 8.42 Å². The summed E-state index contributed by atoms with van der Waals surface area (Å²) in [5.41, 5.74) is 5.95. The van der Waals surface area contributed by atoms with E-state index in [0.29, 0.717) is 26.2 Å². The van der Waals surface area contributed by atoms with Crippen molar-refractivity contribution in [2.75, 3.05) is 38.5 Å². The Labute approximate surface area is 164 Å². The molecular weight excluding hydrogens is 380 g/mol. The zero-order chi connectivity index (χ0) is 20.3. The smallest absolute Gasteiger partial charge is 0.255 e. The van der Waals surface area contributed by atoms with Crippen molar-refractivity contribution in [1.29, 1.82) is 0 Å². The van der Waals surface area contributed by atoms with Crippen molar-refractivity contribution in [1.82, 2.24) is 9.21 Å². The summed E-state index contributed by atoms with van der Waals surface area (Å²) in [6, 6.07) is 12.2. The van der Waals surface area contributed by atoms with Gasteiger partial charge in [-0.3, -0.25) is 9.59 Å². The molecular formula is C19H22N4O4S. The molecule has 1 fully saturated rings. The van der Waals surface area contributed by atoms with Crippen LogP contribution in [-0.2, 0) is 10.0 Å². The number of nitrogens with zero attached hydrogens (tertiary/aromatic N) is 2. The van der Waals surface area contributed by atoms with E-state index in [1.54, 1.807) is 18.2 Å². The quantitative estimate of drug-likeness (QED) is 0.774. The number of para-hydroxylation sites is 1. The fourth-order valence-corrected chi connectivity index (χ4v) is 4.45. The number of amides is 2. The number of primary amides is 1. The number of anilines is 1. The van der Waals surface area contributed by atoms with Crippen LogP contribution in [0.25, 0.3) is 0 Å². The van der Waals surface area contributed by atoms with Crippen LogP contribution in [0, 0.1) is 0 Å². The Hall–Kier alpha value is -2.75. The summed E-state index contributed by atoms with van der Waals surface area (Å²) in [7, 11) is -1.74. The van der Waals surface area contributed by atoms with Crippen LogP contribution in [0.1, 0.15) is 20.7 Å². The molecule has 1 heterocycles. The predicted molar refractivity (Wildman–Crippen MR) is 106 cm³/mol. The normalized spacial score (nSPS) is 15.9. The summed E-state index contributed by atoms with van der Waals surface area (Å²) in [5.74, 6) is -1.19. The molecule has 3 rings (SSSR count). The van der Waals surface area contributed by atoms with Crippen LogP contribution in [0.3, 0.4) is 0 Å². The van der Waals surface area contributed by atoms with E-state index >= 15 is 0 Å². The van der Waals surface area contributed by atoms with Gasteiger partial charge in [0.2, 0.25) is 10.0 Å². The van der Waals surface area contributed by atoms with E-state index in [1.165, 1.54) is 34.6 Å². The van der Waals surface area contributed by atoms with Crippen LogP contribution in [0.5, 0.6) is 0 Å². The molecule has 3 N–H and O–H groups in total. The summed E-state index contributed by atoms with van der Waals surface area (Å²) >= 11 is 0. The second-order valence-corrected chi connectivity index (χ2v) is 8.54. The first-order valence-electron chi connectivity index (χ1n) is 8.78. The van der Waals surface area contributed by atoms with Crippen molar-refractivity contribution in [3.05, 3.63) is 59.7 Å². The molecule has 0 saturated carbocycles. The van der Waals surface area contributed by atoms with Gasteiger partial charge in [0.05, 0.1) is 16.1 Å². The third kappa shape index (κ3) is 4.22. The highest BCUT2D eigenvalue weighted by Crippen LogP contribution is 2.20. The molecule has 0 radical (unpaired) electrons. The second kappa shape index (κ2) is 8.09. The number of carbonyl (C=O) groups excluding carboxylic acids is 2. The number of likely N-dealkylation sites (N-methyl/N-ethyl adjacent to an activating group) is 1. The molecule has 2 aromatic rings. The largest absolute Gasteiger partial charge is 0.366 e. The van der Waals surface area contributed by atoms with E-state index in [1.807, 2.05) is 7.05 Å². The van der Waals surface area contributed by atoms with E-state index in [-0.39, 0.29) is 21.7 Å². The zero-order valence-corrected chi connectivity index (χ0v) is 16.3. The van der Waals surface area contributed by atoms with Gasteiger partial charge in [0.15, 0.2) is 0 Å². The van der Waals surface area contributed by atoms with E-state index in [9.17, 15) is 18.0 Å². The van der Waals surface area contributed by atoms with E-state index in [0.717, 1.165) is 0 Å². The predicted octanol–water partition coefficient (Wildman–Crippen LogP) is 0.974. The first-order chi connectivity index (χ1) is 13.3. The average Bonchev–Trinajstić information content (AvgIpc) is 2.68. The van der Waals surface area contributed by atoms with Gasteiger partial charge in [0.25, 0.3) is 11.8 Å². The van der Waals surface area contributed by atoms with Gasteiger partial charge in [0, 0.05) is 31.7 Å². The summed E-state index contributed by atoms with van der Waals surface area (Å²) in [5, 5.41) is 2.62. The highest BCUT2D eigenvalue weighted by molar-refractivity contribution is 7.89. The lowest BCUT2D eigenvalue weighted by Crippen LogP contribution is -2.47. The van der Waals surface area contributed by atoms with Gasteiger partial charge in [-0.1, -0.05) is 18.2 Å². The number of benzene rings is 2. The molecule has 0 bridgehead atoms. The molecule has 1 aliphatic heterocycles. The maximum absolute atomic E-state index is 12.9. The number of piperazine rings is 1. The average molecular weight is 402 g/mol. The van der Waals surface area contributed by atoms with E-state index < -0.39 is 21.8 Å². The Balaban J connectivity index is 1.83. The molecule has 1 saturated heterocycles. The number of rotatable bonds is 5. The Bertz CT molecular complexity index is 998. The van der Waals surface area contributed by atoms with Crippen molar-refractivity contribution < 1.29 is 18.0 Å². The maximum atomic E-state index is 12.9. The summed E-state index contributed by atoms with van der Waals surface area (Å²) < 4.78 is 27.2. The van der Waals surface area contributed by atoms with Crippen molar-refractivity contribution in [2.24, 2.45) is 5.73 Å². The Morgan fingerprint density at radius 1 is 1.00 bits per heavy atom. The third-order valence-corrected chi connectivity index (χ3v) is 6.53. The molecule has 2 amide bonds. The first kappa shape index (κ1) is 20.0. The zero-order valence-electron chi connectivity index (χ0n) is 15.5. The standard InChI is InChI=1S/C19H22N4O4S/c1-22-9-11-23(12-10-22)28(26,27)15-6-4-5-14(13-15)19(25)21-17-8-3-2-7-16(17)18(20)24/h2-8,13H,9-12H2,1H3,(H2,20,24)(H,21,25). The lowest BCUT2D eigenvalue weighted by atomic mass is 10.1. The Kier molecular flexibility index (Phi) is 5.78. The highest BCUT2D eigenvalue weighted by atomic mass is 32.2. The lowest BCUT2D eigenvalue weighted by Gasteiger charge is -2.31. The van der Waals surface area contributed by atoms with Crippen molar-refractivity contribution in [2.45, 2.75) is 4.90 Å². The number of carbonyl (C=O) groups is 2. The first-order valence-corrected chi connectivity index (χ1v) is 10.2. The molecule has 8 nitrogen and oxygen atoms in total. The van der Waals surface area contributed by atoms with Crippen molar-refractivity contribution in [3.63, 3.8) is 0 Å². The molecule has 0 aliphatic carbocycles. The SMILES string of the molecule is CN1CCN(S(=O)(=O)c2cccc(C(=O)Nc3ccccc3C(N)=O)c2)CC1. The minimum atomic E-state index is -3.68. The van der Waals surface area contributed by atoms with Crippen LogP contribution < -0.4 is 11.1 Å². The van der Waals surface area contributed by atoms with Crippen molar-refractivity contribution in [3.8, 4) is 0 Å². The third-order valence-electron chi connectivity index (χ3n) is 4.64. The number of nitrogens with two attached hydrogens (primary N) is 1. The minimum Gasteiger partial charge on any atom is -0.366 e. The van der Waals surface area contributed by atoms with Gasteiger partial charge in [-0.05, 0) is 37.4 Å². The summed E-state index contributed by atoms with van der Waals surface area (Å²) in [6.07, 6.45) is 0. The molecule has 0 unspecified atom stereocenters. The number of hydrogen-bond acceptors (Lipinski definition) is 5. The minimum absolute atomic E-state index is 0.0629. The molecule has 0 aromatic heterocycles. The lowest BCUT2D eigenvalue weighted by molar-refractivity contribution is 0.100. The van der Waals surface area contributed by atoms with E-state index in [2.05, 4.69) is 10.2 Å². The van der Waals surface area contributed by atoms with Gasteiger partial charge >= 0.3 is 0 Å². The Morgan fingerprint density at radius 2 is 1.68 bits per heavy atom. The Morgan fingerprint density at radius 3 is 2.36 bits per heavy atom. The highest BCUT2D eigenvalue weighted by Gasteiger charge is 2.28. The molecule has 0 atom stereocenters. The van der Waals surface area contributed by atoms with E-state index in [4.69, 9.17) is 5.73 Å². The van der Waals surface area contributed by atoms with Gasteiger partial charge in [-0.2, -0.15) is 4.31 Å². The van der Waals surface area contributed by atoms with Crippen LogP contribution in [0.2, 0.25) is 0 Å². The van der Waals surface area contributed by atoms with Gasteiger partial charge in [0.1, 0.15) is 0 Å². The molecule has 148 valence electrons. The molecule has 2 aromatic carbocycles. The topological polar surface area (TPSA) is 113 Å². The number of sulfonamides is 1. The van der Waals surface area contributed by atoms with Gasteiger partial charge in [-0.15, -0.1) is 0 Å². The number of nitrogens with one attached hydrogen (secondary N) is 1. The molecule has 9 heteroatoms. The van der Waals surface area contributed by atoms with Crippen LogP contribution >= 0.6 is 0 Å². The summed E-state index contributed by atoms with van der Waals surface area (Å²) in [4.78, 5) is 26.2. The van der Waals surface area contributed by atoms with Crippen molar-refractivity contribution >= 4 is 27.5 Å². The number of hydrogen-bond donors (Lipinski definition) is 2. The molecule has 28 heavy (non-hydrogen) atoms. The van der Waals surface area contributed by atoms with Crippen LogP contribution in [0.15, 0.2) is 53.4 Å². The fraction of sp³-hybridized carbons (Fsp3) is 0.263. The monoisotopic (exact) mass is 402 g/mol. The second-order valence-electron chi connectivity index (χ2n) is 6.60. The maximum Gasteiger partial charge on any atom is 0.255 e. The molecule has 0 spiro atoms.